The van der Waals surface area contributed by atoms with Crippen LogP contribution in [0.5, 0.6) is 0 Å². The third kappa shape index (κ3) is 7.39. The molecule has 0 amide bonds. The van der Waals surface area contributed by atoms with Gasteiger partial charge in [-0.25, -0.2) is 9.38 Å². The first-order valence-corrected chi connectivity index (χ1v) is 10.1. The zero-order chi connectivity index (χ0) is 19.8. The van der Waals surface area contributed by atoms with E-state index in [1.54, 1.807) is 23.5 Å². The van der Waals surface area contributed by atoms with E-state index in [4.69, 9.17) is 0 Å². The van der Waals surface area contributed by atoms with Crippen molar-refractivity contribution >= 4 is 41.3 Å². The molecule has 9 heteroatoms. The summed E-state index contributed by atoms with van der Waals surface area (Å²) in [5, 5.41) is 17.0. The Morgan fingerprint density at radius 2 is 1.93 bits per heavy atom. The topological polar surface area (TPSA) is 67.1 Å². The van der Waals surface area contributed by atoms with Gasteiger partial charge < -0.3 is 15.2 Å². The molecule has 0 atom stereocenters. The van der Waals surface area contributed by atoms with Crippen molar-refractivity contribution in [3.8, 4) is 0 Å². The van der Waals surface area contributed by atoms with Crippen LogP contribution in [0.2, 0.25) is 0 Å². The van der Waals surface area contributed by atoms with E-state index in [-0.39, 0.29) is 29.8 Å². The first kappa shape index (κ1) is 23.3. The third-order valence-corrected chi connectivity index (χ3v) is 5.34. The number of aliphatic imine (C=N–C) groups is 1. The van der Waals surface area contributed by atoms with E-state index >= 15 is 0 Å². The molecule has 2 N–H and O–H groups in total. The number of halogens is 2. The summed E-state index contributed by atoms with van der Waals surface area (Å²) < 4.78 is 15.3. The molecule has 0 saturated carbocycles. The molecule has 1 aromatic carbocycles. The molecule has 6 nitrogen and oxygen atoms in total. The second-order valence-corrected chi connectivity index (χ2v) is 7.48. The third-order valence-electron chi connectivity index (χ3n) is 4.40. The van der Waals surface area contributed by atoms with E-state index in [9.17, 15) is 4.39 Å². The summed E-state index contributed by atoms with van der Waals surface area (Å²) in [5.41, 5.74) is 0.953. The maximum atomic E-state index is 13.3. The lowest BCUT2D eigenvalue weighted by molar-refractivity contribution is 0.625. The van der Waals surface area contributed by atoms with Crippen LogP contribution in [0.1, 0.15) is 22.1 Å². The Morgan fingerprint density at radius 3 is 2.59 bits per heavy atom. The Bertz CT molecular complexity index is 910. The van der Waals surface area contributed by atoms with Crippen molar-refractivity contribution < 1.29 is 4.39 Å². The molecule has 3 aromatic rings. The number of nitrogens with one attached hydrogen (secondary N) is 2. The van der Waals surface area contributed by atoms with Crippen LogP contribution >= 0.6 is 35.3 Å². The SMILES string of the molecule is Cc1nnc(CN=C(NCCc2cccc(F)c2)NCCc2cccs2)n1C.I. The standard InChI is InChI=1S/C20H25FN6S.HI/c1-15-25-26-19(27(15)2)14-24-20(23-11-9-18-7-4-12-28-18)22-10-8-16-5-3-6-17(21)13-16;/h3-7,12-13H,8-11,14H2,1-2H3,(H2,22,23,24);1H. The Balaban J connectivity index is 0.00000300. The summed E-state index contributed by atoms with van der Waals surface area (Å²) in [6, 6.07) is 10.9. The number of aryl methyl sites for hydroxylation is 1. The van der Waals surface area contributed by atoms with Gasteiger partial charge in [0.25, 0.3) is 0 Å². The van der Waals surface area contributed by atoms with Crippen LogP contribution in [0, 0.1) is 12.7 Å². The largest absolute Gasteiger partial charge is 0.356 e. The van der Waals surface area contributed by atoms with E-state index in [0.29, 0.717) is 25.5 Å². The quantitative estimate of drug-likeness (QED) is 0.267. The lowest BCUT2D eigenvalue weighted by Crippen LogP contribution is -2.39. The van der Waals surface area contributed by atoms with Crippen molar-refractivity contribution in [3.63, 3.8) is 0 Å². The van der Waals surface area contributed by atoms with Gasteiger partial charge >= 0.3 is 0 Å². The number of nitrogens with zero attached hydrogens (tertiary/aromatic N) is 4. The van der Waals surface area contributed by atoms with Gasteiger partial charge in [0.05, 0.1) is 0 Å². The summed E-state index contributed by atoms with van der Waals surface area (Å²) in [7, 11) is 1.93. The highest BCUT2D eigenvalue weighted by Gasteiger charge is 2.06. The Morgan fingerprint density at radius 1 is 1.14 bits per heavy atom. The monoisotopic (exact) mass is 528 g/mol. The molecule has 156 valence electrons. The maximum Gasteiger partial charge on any atom is 0.191 e. The fourth-order valence-corrected chi connectivity index (χ4v) is 3.40. The molecule has 0 aliphatic heterocycles. The lowest BCUT2D eigenvalue weighted by atomic mass is 10.1. The predicted molar refractivity (Wildman–Crippen MR) is 126 cm³/mol. The number of benzene rings is 1. The van der Waals surface area contributed by atoms with E-state index in [1.807, 2.05) is 24.6 Å². The normalized spacial score (nSPS) is 11.2. The molecule has 0 aliphatic rings. The van der Waals surface area contributed by atoms with Gasteiger partial charge in [0.15, 0.2) is 11.8 Å². The zero-order valence-corrected chi connectivity index (χ0v) is 19.7. The van der Waals surface area contributed by atoms with Crippen molar-refractivity contribution in [1.29, 1.82) is 0 Å². The summed E-state index contributed by atoms with van der Waals surface area (Å²) in [5.74, 6) is 2.17. The van der Waals surface area contributed by atoms with Gasteiger partial charge in [0.1, 0.15) is 18.2 Å². The summed E-state index contributed by atoms with van der Waals surface area (Å²) in [6.07, 6.45) is 1.65. The van der Waals surface area contributed by atoms with Crippen LogP contribution in [0.15, 0.2) is 46.8 Å². The molecular weight excluding hydrogens is 502 g/mol. The van der Waals surface area contributed by atoms with Crippen LogP contribution in [0.3, 0.4) is 0 Å². The predicted octanol–water partition coefficient (Wildman–Crippen LogP) is 3.46. The van der Waals surface area contributed by atoms with E-state index in [2.05, 4.69) is 43.3 Å². The molecule has 0 spiro atoms. The average molecular weight is 528 g/mol. The minimum absolute atomic E-state index is 0. The van der Waals surface area contributed by atoms with E-state index in [0.717, 1.165) is 30.2 Å². The smallest absolute Gasteiger partial charge is 0.191 e. The van der Waals surface area contributed by atoms with Crippen molar-refractivity contribution in [2.45, 2.75) is 26.3 Å². The van der Waals surface area contributed by atoms with E-state index in [1.165, 1.54) is 10.9 Å². The Hall–Kier alpha value is -2.01. The number of hydrogen-bond donors (Lipinski definition) is 2. The number of thiophene rings is 1. The van der Waals surface area contributed by atoms with Crippen LogP contribution in [0.25, 0.3) is 0 Å². The van der Waals surface area contributed by atoms with Crippen LogP contribution in [-0.4, -0.2) is 33.8 Å². The van der Waals surface area contributed by atoms with Gasteiger partial charge in [-0.05, 0) is 48.9 Å². The van der Waals surface area contributed by atoms with Crippen LogP contribution in [-0.2, 0) is 26.4 Å². The molecule has 29 heavy (non-hydrogen) atoms. The second-order valence-electron chi connectivity index (χ2n) is 6.45. The molecule has 0 fully saturated rings. The molecular formula is C20H26FIN6S. The first-order valence-electron chi connectivity index (χ1n) is 9.25. The van der Waals surface area contributed by atoms with E-state index < -0.39 is 0 Å². The number of hydrogen-bond acceptors (Lipinski definition) is 4. The number of guanidine groups is 1. The molecule has 2 heterocycles. The van der Waals surface area contributed by atoms with Gasteiger partial charge in [-0.2, -0.15) is 0 Å². The van der Waals surface area contributed by atoms with Gasteiger partial charge in [-0.1, -0.05) is 18.2 Å². The van der Waals surface area contributed by atoms with Crippen molar-refractivity contribution in [3.05, 3.63) is 69.7 Å². The summed E-state index contributed by atoms with van der Waals surface area (Å²) in [4.78, 5) is 5.97. The fraction of sp³-hybridized carbons (Fsp3) is 0.350. The lowest BCUT2D eigenvalue weighted by Gasteiger charge is -2.12. The maximum absolute atomic E-state index is 13.3. The van der Waals surface area contributed by atoms with Crippen LogP contribution in [0.4, 0.5) is 4.39 Å². The molecule has 0 aliphatic carbocycles. The molecule has 0 saturated heterocycles. The minimum atomic E-state index is -0.210. The van der Waals surface area contributed by atoms with Gasteiger partial charge in [0.2, 0.25) is 0 Å². The highest BCUT2D eigenvalue weighted by molar-refractivity contribution is 14.0. The summed E-state index contributed by atoms with van der Waals surface area (Å²) in [6.45, 7) is 3.79. The molecule has 0 bridgehead atoms. The first-order chi connectivity index (χ1) is 13.6. The molecule has 0 radical (unpaired) electrons. The second kappa shape index (κ2) is 11.9. The highest BCUT2D eigenvalue weighted by Crippen LogP contribution is 2.08. The fourth-order valence-electron chi connectivity index (χ4n) is 2.69. The number of rotatable bonds is 8. The van der Waals surface area contributed by atoms with Crippen molar-refractivity contribution in [2.24, 2.45) is 12.0 Å². The molecule has 0 unspecified atom stereocenters. The van der Waals surface area contributed by atoms with Gasteiger partial charge in [-0.15, -0.1) is 45.5 Å². The minimum Gasteiger partial charge on any atom is -0.356 e. The Kier molecular flexibility index (Phi) is 9.52. The zero-order valence-electron chi connectivity index (χ0n) is 16.6. The van der Waals surface area contributed by atoms with Gasteiger partial charge in [-0.3, -0.25) is 0 Å². The average Bonchev–Trinajstić information content (AvgIpc) is 3.30. The Labute approximate surface area is 191 Å². The molecule has 2 aromatic heterocycles. The van der Waals surface area contributed by atoms with Crippen molar-refractivity contribution in [1.82, 2.24) is 25.4 Å². The van der Waals surface area contributed by atoms with Gasteiger partial charge in [0, 0.05) is 25.0 Å². The highest BCUT2D eigenvalue weighted by atomic mass is 127. The van der Waals surface area contributed by atoms with Crippen LogP contribution < -0.4 is 10.6 Å². The number of aromatic nitrogens is 3. The van der Waals surface area contributed by atoms with Crippen molar-refractivity contribution in [2.75, 3.05) is 13.1 Å². The summed E-state index contributed by atoms with van der Waals surface area (Å²) >= 11 is 1.75. The molecule has 3 rings (SSSR count).